The molecule has 0 spiro atoms. The molecule has 0 atom stereocenters. The quantitative estimate of drug-likeness (QED) is 0.916. The van der Waals surface area contributed by atoms with Gasteiger partial charge in [-0.05, 0) is 18.1 Å². The molecule has 0 unspecified atom stereocenters. The normalized spacial score (nSPS) is 10.8. The smallest absolute Gasteiger partial charge is 0.230 e. The van der Waals surface area contributed by atoms with E-state index in [1.54, 1.807) is 14.2 Å². The maximum absolute atomic E-state index is 5.89. The van der Waals surface area contributed by atoms with Gasteiger partial charge in [0.15, 0.2) is 0 Å². The van der Waals surface area contributed by atoms with Crippen molar-refractivity contribution in [1.82, 2.24) is 5.16 Å². The first-order valence-corrected chi connectivity index (χ1v) is 6.06. The van der Waals surface area contributed by atoms with E-state index in [9.17, 15) is 0 Å². The lowest BCUT2D eigenvalue weighted by molar-refractivity contribution is 0.395. The number of methoxy groups -OCH3 is 2. The molecule has 5 nitrogen and oxygen atoms in total. The van der Waals surface area contributed by atoms with E-state index in [1.807, 2.05) is 32.0 Å². The number of nitrogen functional groups attached to an aromatic ring is 1. The second-order valence-electron chi connectivity index (χ2n) is 4.53. The highest BCUT2D eigenvalue weighted by Crippen LogP contribution is 2.40. The van der Waals surface area contributed by atoms with Gasteiger partial charge in [-0.15, -0.1) is 0 Å². The summed E-state index contributed by atoms with van der Waals surface area (Å²) >= 11 is 0. The fraction of sp³-hybridized carbons (Fsp3) is 0.357. The van der Waals surface area contributed by atoms with E-state index < -0.39 is 0 Å². The summed E-state index contributed by atoms with van der Waals surface area (Å²) in [6, 6.07) is 5.56. The SMILES string of the molecule is COc1ccc(-c2c(C(C)C)noc2N)c(OC)c1. The highest BCUT2D eigenvalue weighted by atomic mass is 16.5. The average molecular weight is 262 g/mol. The van der Waals surface area contributed by atoms with Crippen LogP contribution in [0, 0.1) is 0 Å². The van der Waals surface area contributed by atoms with Crippen LogP contribution in [0.25, 0.3) is 11.1 Å². The van der Waals surface area contributed by atoms with Gasteiger partial charge in [-0.25, -0.2) is 0 Å². The minimum absolute atomic E-state index is 0.211. The number of ether oxygens (including phenoxy) is 2. The van der Waals surface area contributed by atoms with Gasteiger partial charge < -0.3 is 19.7 Å². The van der Waals surface area contributed by atoms with Crippen LogP contribution in [0.3, 0.4) is 0 Å². The molecule has 0 bridgehead atoms. The van der Waals surface area contributed by atoms with Gasteiger partial charge in [0.1, 0.15) is 11.5 Å². The molecule has 0 radical (unpaired) electrons. The Labute approximate surface area is 112 Å². The minimum Gasteiger partial charge on any atom is -0.497 e. The van der Waals surface area contributed by atoms with Gasteiger partial charge in [-0.2, -0.15) is 0 Å². The molecule has 0 amide bonds. The Balaban J connectivity index is 2.61. The number of benzene rings is 1. The lowest BCUT2D eigenvalue weighted by atomic mass is 9.98. The summed E-state index contributed by atoms with van der Waals surface area (Å²) in [7, 11) is 3.22. The van der Waals surface area contributed by atoms with Crippen molar-refractivity contribution in [3.05, 3.63) is 23.9 Å². The van der Waals surface area contributed by atoms with Gasteiger partial charge >= 0.3 is 0 Å². The van der Waals surface area contributed by atoms with Gasteiger partial charge in [-0.3, -0.25) is 0 Å². The third-order valence-electron chi connectivity index (χ3n) is 2.97. The Kier molecular flexibility index (Phi) is 3.64. The monoisotopic (exact) mass is 262 g/mol. The molecule has 102 valence electrons. The average Bonchev–Trinajstić information content (AvgIpc) is 2.80. The highest BCUT2D eigenvalue weighted by Gasteiger charge is 2.21. The molecule has 0 aliphatic heterocycles. The zero-order valence-corrected chi connectivity index (χ0v) is 11.6. The zero-order chi connectivity index (χ0) is 14.0. The van der Waals surface area contributed by atoms with Crippen LogP contribution in [-0.4, -0.2) is 19.4 Å². The van der Waals surface area contributed by atoms with E-state index in [-0.39, 0.29) is 5.92 Å². The molecule has 1 heterocycles. The Morgan fingerprint density at radius 3 is 2.53 bits per heavy atom. The number of nitrogens with zero attached hydrogens (tertiary/aromatic N) is 1. The second kappa shape index (κ2) is 5.22. The predicted molar refractivity (Wildman–Crippen MR) is 73.5 cm³/mol. The van der Waals surface area contributed by atoms with E-state index in [0.29, 0.717) is 11.6 Å². The van der Waals surface area contributed by atoms with Crippen LogP contribution in [0.15, 0.2) is 22.7 Å². The second-order valence-corrected chi connectivity index (χ2v) is 4.53. The van der Waals surface area contributed by atoms with E-state index in [0.717, 1.165) is 22.6 Å². The molecular formula is C14H18N2O3. The van der Waals surface area contributed by atoms with Gasteiger partial charge in [-0.1, -0.05) is 19.0 Å². The van der Waals surface area contributed by atoms with Crippen LogP contribution in [0.5, 0.6) is 11.5 Å². The van der Waals surface area contributed by atoms with Crippen LogP contribution in [0.4, 0.5) is 5.88 Å². The lowest BCUT2D eigenvalue weighted by Gasteiger charge is -2.11. The van der Waals surface area contributed by atoms with Crippen molar-refractivity contribution in [2.24, 2.45) is 0 Å². The Morgan fingerprint density at radius 1 is 1.21 bits per heavy atom. The molecule has 1 aromatic carbocycles. The number of aromatic nitrogens is 1. The molecule has 2 rings (SSSR count). The maximum atomic E-state index is 5.89. The largest absolute Gasteiger partial charge is 0.497 e. The number of hydrogen-bond donors (Lipinski definition) is 1. The van der Waals surface area contributed by atoms with Crippen molar-refractivity contribution in [3.8, 4) is 22.6 Å². The molecular weight excluding hydrogens is 244 g/mol. The third kappa shape index (κ3) is 2.36. The summed E-state index contributed by atoms with van der Waals surface area (Å²) in [6.07, 6.45) is 0. The molecule has 0 fully saturated rings. The molecule has 0 aliphatic carbocycles. The molecule has 5 heteroatoms. The molecule has 2 N–H and O–H groups in total. The van der Waals surface area contributed by atoms with Crippen molar-refractivity contribution in [2.75, 3.05) is 20.0 Å². The predicted octanol–water partition coefficient (Wildman–Crippen LogP) is 3.06. The summed E-state index contributed by atoms with van der Waals surface area (Å²) in [5, 5.41) is 4.02. The van der Waals surface area contributed by atoms with Crippen molar-refractivity contribution >= 4 is 5.88 Å². The standard InChI is InChI=1S/C14H18N2O3/c1-8(2)13-12(14(15)19-16-13)10-6-5-9(17-3)7-11(10)18-4/h5-8H,15H2,1-4H3. The summed E-state index contributed by atoms with van der Waals surface area (Å²) < 4.78 is 15.7. The van der Waals surface area contributed by atoms with Crippen molar-refractivity contribution in [2.45, 2.75) is 19.8 Å². The first-order chi connectivity index (χ1) is 9.08. The minimum atomic E-state index is 0.211. The Morgan fingerprint density at radius 2 is 1.95 bits per heavy atom. The number of nitrogens with two attached hydrogens (primary N) is 1. The topological polar surface area (TPSA) is 70.5 Å². The Hall–Kier alpha value is -2.17. The number of hydrogen-bond acceptors (Lipinski definition) is 5. The third-order valence-corrected chi connectivity index (χ3v) is 2.97. The number of anilines is 1. The molecule has 0 saturated carbocycles. The lowest BCUT2D eigenvalue weighted by Crippen LogP contribution is -1.96. The maximum Gasteiger partial charge on any atom is 0.230 e. The zero-order valence-electron chi connectivity index (χ0n) is 11.6. The summed E-state index contributed by atoms with van der Waals surface area (Å²) in [5.41, 5.74) is 8.35. The van der Waals surface area contributed by atoms with E-state index in [2.05, 4.69) is 5.16 Å². The van der Waals surface area contributed by atoms with Crippen LogP contribution in [0.2, 0.25) is 0 Å². The molecule has 2 aromatic rings. The Bertz CT molecular complexity index is 576. The fourth-order valence-electron chi connectivity index (χ4n) is 1.99. The molecule has 19 heavy (non-hydrogen) atoms. The summed E-state index contributed by atoms with van der Waals surface area (Å²) in [6.45, 7) is 4.08. The summed E-state index contributed by atoms with van der Waals surface area (Å²) in [5.74, 6) is 1.91. The molecule has 0 saturated heterocycles. The van der Waals surface area contributed by atoms with Crippen molar-refractivity contribution in [1.29, 1.82) is 0 Å². The first-order valence-electron chi connectivity index (χ1n) is 6.06. The molecule has 0 aliphatic rings. The summed E-state index contributed by atoms with van der Waals surface area (Å²) in [4.78, 5) is 0. The van der Waals surface area contributed by atoms with Crippen LogP contribution in [-0.2, 0) is 0 Å². The molecule has 1 aromatic heterocycles. The van der Waals surface area contributed by atoms with Crippen molar-refractivity contribution < 1.29 is 14.0 Å². The van der Waals surface area contributed by atoms with Gasteiger partial charge in [0.05, 0.1) is 25.5 Å². The van der Waals surface area contributed by atoms with E-state index >= 15 is 0 Å². The van der Waals surface area contributed by atoms with Crippen LogP contribution < -0.4 is 15.2 Å². The van der Waals surface area contributed by atoms with Crippen molar-refractivity contribution in [3.63, 3.8) is 0 Å². The highest BCUT2D eigenvalue weighted by molar-refractivity contribution is 5.80. The number of rotatable bonds is 4. The fourth-order valence-corrected chi connectivity index (χ4v) is 1.99. The van der Waals surface area contributed by atoms with E-state index in [4.69, 9.17) is 19.7 Å². The van der Waals surface area contributed by atoms with Crippen LogP contribution in [0.1, 0.15) is 25.5 Å². The van der Waals surface area contributed by atoms with Gasteiger partial charge in [0.2, 0.25) is 5.88 Å². The first kappa shape index (κ1) is 13.3. The van der Waals surface area contributed by atoms with Gasteiger partial charge in [0.25, 0.3) is 0 Å². The van der Waals surface area contributed by atoms with Gasteiger partial charge in [0, 0.05) is 11.6 Å². The van der Waals surface area contributed by atoms with Crippen LogP contribution >= 0.6 is 0 Å². The van der Waals surface area contributed by atoms with E-state index in [1.165, 1.54) is 0 Å².